The van der Waals surface area contributed by atoms with Crippen molar-refractivity contribution < 1.29 is 27.7 Å². The summed E-state index contributed by atoms with van der Waals surface area (Å²) in [7, 11) is 0. The number of anilines is 3. The van der Waals surface area contributed by atoms with E-state index in [1.54, 1.807) is 59.2 Å². The molecular weight excluding hydrogens is 597 g/mol. The molecule has 0 bridgehead atoms. The van der Waals surface area contributed by atoms with E-state index in [9.17, 15) is 13.7 Å². The highest BCUT2D eigenvalue weighted by Gasteiger charge is 2.21. The molecule has 0 spiro atoms. The Morgan fingerprint density at radius 3 is 2.02 bits per heavy atom. The largest absolute Gasteiger partial charge is 0.455 e. The van der Waals surface area contributed by atoms with Crippen LogP contribution in [0.2, 0.25) is 0 Å². The van der Waals surface area contributed by atoms with Crippen molar-refractivity contribution in [2.24, 2.45) is 0 Å². The molecule has 10 rings (SSSR count). The molecule has 0 amide bonds. The van der Waals surface area contributed by atoms with Gasteiger partial charge in [0, 0.05) is 38.6 Å². The minimum absolute atomic E-state index is 0.124. The average molecular weight is 644 g/mol. The third-order valence-electron chi connectivity index (χ3n) is 8.48. The number of para-hydroxylation sites is 2. The lowest BCUT2D eigenvalue weighted by molar-refractivity contribution is 0.672. The first kappa shape index (κ1) is 15.5. The molecule has 2 heterocycles. The zero-order valence-corrected chi connectivity index (χ0v) is 25.3. The van der Waals surface area contributed by atoms with Crippen LogP contribution in [0.5, 0.6) is 0 Å². The second-order valence-electron chi connectivity index (χ2n) is 11.2. The first-order valence-corrected chi connectivity index (χ1v) is 15.3. The fourth-order valence-corrected chi connectivity index (χ4v) is 6.33. The molecule has 2 aromatic heterocycles. The second kappa shape index (κ2) is 11.0. The van der Waals surface area contributed by atoms with Gasteiger partial charge in [0.15, 0.2) is 0 Å². The molecule has 3 nitrogen and oxygen atoms in total. The van der Waals surface area contributed by atoms with Crippen molar-refractivity contribution in [1.29, 1.82) is 0 Å². The van der Waals surface area contributed by atoms with Gasteiger partial charge < -0.3 is 13.9 Å². The first-order chi connectivity index (χ1) is 31.4. The number of fused-ring (bicyclic) bond motifs is 8. The first-order valence-electron chi connectivity index (χ1n) is 23.8. The van der Waals surface area contributed by atoms with E-state index in [4.69, 9.17) is 14.0 Å². The standard InChI is InChI=1S/C46H30N2O/c1-2-12-31(13-3-1)32-24-27-34(28-25-32)47(43-22-11-23-44-45(43)40-29-26-33-14-4-5-17-37(33)46(40)49-44)35-15-10-16-36(30-35)48-41-20-8-6-18-38(41)39-19-7-9-21-42(39)48/h1-30H/i4D,5D,10D,11D,14D,15D,16D,17D,22D,23D,24D,25D,26D,27D,28D,29D,30D. The molecule has 0 aliphatic rings. The molecule has 0 N–H and O–H groups in total. The molecule has 0 radical (unpaired) electrons. The highest BCUT2D eigenvalue weighted by Crippen LogP contribution is 2.45. The smallest absolute Gasteiger partial charge is 0.143 e. The number of furan rings is 1. The topological polar surface area (TPSA) is 21.3 Å². The summed E-state index contributed by atoms with van der Waals surface area (Å²) in [5.41, 5.74) is -1.99. The van der Waals surface area contributed by atoms with E-state index in [0.29, 0.717) is 27.4 Å². The van der Waals surface area contributed by atoms with E-state index < -0.39 is 147 Å². The van der Waals surface area contributed by atoms with Crippen LogP contribution in [0.25, 0.3) is 71.3 Å². The molecule has 3 heteroatoms. The maximum absolute atomic E-state index is 10.1. The van der Waals surface area contributed by atoms with Crippen molar-refractivity contribution >= 4 is 71.6 Å². The maximum Gasteiger partial charge on any atom is 0.143 e. The quantitative estimate of drug-likeness (QED) is 0.186. The normalized spacial score (nSPS) is 16.5. The predicted molar refractivity (Wildman–Crippen MR) is 206 cm³/mol. The van der Waals surface area contributed by atoms with Gasteiger partial charge >= 0.3 is 0 Å². The van der Waals surface area contributed by atoms with Crippen LogP contribution in [-0.4, -0.2) is 4.57 Å². The summed E-state index contributed by atoms with van der Waals surface area (Å²) >= 11 is 0. The number of benzene rings is 8. The van der Waals surface area contributed by atoms with Crippen LogP contribution in [0.15, 0.2) is 186 Å². The SMILES string of the molecule is [2H]c1c([2H])c(N(c2c([2H])c([2H])c(-c3ccccc3)c([2H])c2[2H])c2c([2H])c([2H])c([2H])c3oc4c5c([2H])c([2H])c([2H])c([2H])c5c([2H])c([2H])c4c23)c([2H])c(-n2c3ccccc3c3ccccc32)c1[2H]. The molecule has 0 atom stereocenters. The summed E-state index contributed by atoms with van der Waals surface area (Å²) in [6.45, 7) is 0. The molecule has 8 aromatic carbocycles. The van der Waals surface area contributed by atoms with E-state index in [-0.39, 0.29) is 16.6 Å². The minimum atomic E-state index is -0.862. The van der Waals surface area contributed by atoms with Gasteiger partial charge in [-0.15, -0.1) is 0 Å². The van der Waals surface area contributed by atoms with Gasteiger partial charge in [0.2, 0.25) is 0 Å². The Balaban J connectivity index is 1.45. The Morgan fingerprint density at radius 2 is 1.22 bits per heavy atom. The lowest BCUT2D eigenvalue weighted by Crippen LogP contribution is -2.11. The number of aromatic nitrogens is 1. The van der Waals surface area contributed by atoms with Gasteiger partial charge in [0.05, 0.1) is 45.4 Å². The predicted octanol–water partition coefficient (Wildman–Crippen LogP) is 13.0. The van der Waals surface area contributed by atoms with Gasteiger partial charge in [0.25, 0.3) is 0 Å². The molecule has 10 aromatic rings. The number of nitrogens with zero attached hydrogens (tertiary/aromatic N) is 2. The van der Waals surface area contributed by atoms with E-state index >= 15 is 0 Å². The fourth-order valence-electron chi connectivity index (χ4n) is 6.33. The van der Waals surface area contributed by atoms with Crippen LogP contribution in [0.3, 0.4) is 0 Å². The van der Waals surface area contributed by atoms with Gasteiger partial charge in [-0.2, -0.15) is 0 Å². The van der Waals surface area contributed by atoms with E-state index in [1.165, 1.54) is 0 Å². The molecule has 0 fully saturated rings. The summed E-state index contributed by atoms with van der Waals surface area (Å²) in [6, 6.07) is 10.3. The summed E-state index contributed by atoms with van der Waals surface area (Å²) in [5, 5.41) is -0.138. The fraction of sp³-hybridized carbons (Fsp3) is 0. The monoisotopic (exact) mass is 643 g/mol. The third-order valence-corrected chi connectivity index (χ3v) is 8.48. The number of rotatable bonds is 5. The summed E-state index contributed by atoms with van der Waals surface area (Å²) in [6.07, 6.45) is 0. The van der Waals surface area contributed by atoms with Gasteiger partial charge in [0.1, 0.15) is 11.2 Å². The number of hydrogen-bond acceptors (Lipinski definition) is 2. The van der Waals surface area contributed by atoms with Crippen LogP contribution in [0.1, 0.15) is 23.3 Å². The summed E-state index contributed by atoms with van der Waals surface area (Å²) in [5.74, 6) is 0. The van der Waals surface area contributed by atoms with Crippen LogP contribution >= 0.6 is 0 Å². The highest BCUT2D eigenvalue weighted by molar-refractivity contribution is 6.19. The molecule has 0 saturated heterocycles. The lowest BCUT2D eigenvalue weighted by atomic mass is 10.0. The lowest BCUT2D eigenvalue weighted by Gasteiger charge is -2.27. The molecule has 0 unspecified atom stereocenters. The van der Waals surface area contributed by atoms with Crippen LogP contribution in [0, 0.1) is 0 Å². The molecule has 0 aliphatic heterocycles. The highest BCUT2D eigenvalue weighted by atomic mass is 16.3. The van der Waals surface area contributed by atoms with Crippen molar-refractivity contribution in [3.63, 3.8) is 0 Å². The van der Waals surface area contributed by atoms with Crippen molar-refractivity contribution in [1.82, 2.24) is 4.57 Å². The average Bonchev–Trinajstić information content (AvgIpc) is 3.87. The Kier molecular flexibility index (Phi) is 3.49. The second-order valence-corrected chi connectivity index (χ2v) is 11.2. The molecule has 230 valence electrons. The Morgan fingerprint density at radius 1 is 0.510 bits per heavy atom. The maximum atomic E-state index is 10.1. The minimum Gasteiger partial charge on any atom is -0.455 e. The van der Waals surface area contributed by atoms with Crippen LogP contribution in [-0.2, 0) is 0 Å². The Hall–Kier alpha value is -6.58. The summed E-state index contributed by atoms with van der Waals surface area (Å²) in [4.78, 5) is 0.833. The molecule has 0 aliphatic carbocycles. The van der Waals surface area contributed by atoms with Crippen molar-refractivity contribution in [3.8, 4) is 16.8 Å². The van der Waals surface area contributed by atoms with Crippen molar-refractivity contribution in [3.05, 3.63) is 182 Å². The van der Waals surface area contributed by atoms with E-state index in [0.717, 1.165) is 4.90 Å². The van der Waals surface area contributed by atoms with Crippen LogP contribution < -0.4 is 4.90 Å². The summed E-state index contributed by atoms with van der Waals surface area (Å²) < 4.78 is 164. The molecular formula is C46H30N2O. The molecule has 0 saturated carbocycles. The zero-order chi connectivity index (χ0) is 47.1. The van der Waals surface area contributed by atoms with Crippen LogP contribution in [0.4, 0.5) is 17.1 Å². The van der Waals surface area contributed by atoms with Gasteiger partial charge in [-0.3, -0.25) is 0 Å². The van der Waals surface area contributed by atoms with Crippen molar-refractivity contribution in [2.75, 3.05) is 4.90 Å². The van der Waals surface area contributed by atoms with Gasteiger partial charge in [-0.05, 0) is 77.0 Å². The molecule has 49 heavy (non-hydrogen) atoms. The van der Waals surface area contributed by atoms with E-state index in [2.05, 4.69) is 0 Å². The Bertz CT molecular complexity index is 3730. The van der Waals surface area contributed by atoms with Gasteiger partial charge in [-0.1, -0.05) is 121 Å². The number of hydrogen-bond donors (Lipinski definition) is 0. The van der Waals surface area contributed by atoms with Gasteiger partial charge in [-0.25, -0.2) is 0 Å². The van der Waals surface area contributed by atoms with Crippen molar-refractivity contribution in [2.45, 2.75) is 0 Å². The third kappa shape index (κ3) is 4.37. The Labute approximate surface area is 307 Å². The van der Waals surface area contributed by atoms with E-state index in [1.807, 2.05) is 24.3 Å². The zero-order valence-electron chi connectivity index (χ0n) is 42.3.